The van der Waals surface area contributed by atoms with Gasteiger partial charge in [-0.3, -0.25) is 9.56 Å². The Bertz CT molecular complexity index is 1120. The molecule has 0 bridgehead atoms. The van der Waals surface area contributed by atoms with Crippen molar-refractivity contribution in [2.45, 2.75) is 6.92 Å². The van der Waals surface area contributed by atoms with Gasteiger partial charge in [-0.1, -0.05) is 22.7 Å². The monoisotopic (exact) mass is 385 g/mol. The highest BCUT2D eigenvalue weighted by Gasteiger charge is 2.16. The van der Waals surface area contributed by atoms with E-state index in [1.165, 1.54) is 22.7 Å². The fourth-order valence-corrected chi connectivity index (χ4v) is 4.11. The maximum Gasteiger partial charge on any atom is 0.234 e. The fourth-order valence-electron chi connectivity index (χ4n) is 2.52. The Balaban J connectivity index is 1.77. The number of fused-ring (bicyclic) bond motifs is 1. The highest BCUT2D eigenvalue weighted by Crippen LogP contribution is 2.36. The first kappa shape index (κ1) is 16.7. The van der Waals surface area contributed by atoms with E-state index in [0.29, 0.717) is 14.8 Å². The SMILES string of the molecule is COc1ccc2c(c1)C(=Cc1sc(=Nc3nnc(C)s3)n(C)c1O)C=N2. The lowest BCUT2D eigenvalue weighted by Crippen LogP contribution is -2.08. The third-order valence-corrected chi connectivity index (χ3v) is 5.68. The largest absolute Gasteiger partial charge is 0.497 e. The van der Waals surface area contributed by atoms with Crippen LogP contribution >= 0.6 is 22.7 Å². The van der Waals surface area contributed by atoms with E-state index >= 15 is 0 Å². The number of aromatic hydroxyl groups is 1. The van der Waals surface area contributed by atoms with E-state index in [1.54, 1.807) is 24.9 Å². The molecule has 2 aromatic heterocycles. The summed E-state index contributed by atoms with van der Waals surface area (Å²) in [6.45, 7) is 1.88. The van der Waals surface area contributed by atoms with Gasteiger partial charge in [0.05, 0.1) is 17.7 Å². The molecule has 9 heteroatoms. The second-order valence-corrected chi connectivity index (χ2v) is 7.76. The molecule has 3 heterocycles. The van der Waals surface area contributed by atoms with Crippen LogP contribution in [-0.4, -0.2) is 33.2 Å². The maximum atomic E-state index is 10.5. The molecule has 26 heavy (non-hydrogen) atoms. The summed E-state index contributed by atoms with van der Waals surface area (Å²) in [4.78, 5) is 10.2. The first-order valence-corrected chi connectivity index (χ1v) is 9.36. The third kappa shape index (κ3) is 2.95. The van der Waals surface area contributed by atoms with Gasteiger partial charge < -0.3 is 9.84 Å². The Hall–Kier alpha value is -2.78. The molecule has 0 aliphatic carbocycles. The van der Waals surface area contributed by atoms with Crippen LogP contribution in [0.5, 0.6) is 11.6 Å². The number of benzene rings is 1. The predicted octanol–water partition coefficient (Wildman–Crippen LogP) is 3.45. The summed E-state index contributed by atoms with van der Waals surface area (Å²) in [5.74, 6) is 0.913. The number of aryl methyl sites for hydroxylation is 1. The van der Waals surface area contributed by atoms with Gasteiger partial charge in [-0.2, -0.15) is 4.99 Å². The molecule has 0 saturated carbocycles. The van der Waals surface area contributed by atoms with Crippen LogP contribution in [0.1, 0.15) is 15.4 Å². The second-order valence-electron chi connectivity index (χ2n) is 5.59. The normalized spacial score (nSPS) is 15.0. The molecule has 0 amide bonds. The van der Waals surface area contributed by atoms with Gasteiger partial charge in [0.1, 0.15) is 10.8 Å². The van der Waals surface area contributed by atoms with E-state index in [2.05, 4.69) is 20.2 Å². The number of nitrogens with zero attached hydrogens (tertiary/aromatic N) is 5. The van der Waals surface area contributed by atoms with Crippen LogP contribution < -0.4 is 9.54 Å². The molecule has 1 N–H and O–H groups in total. The number of methoxy groups -OCH3 is 1. The molecular formula is C17H15N5O2S2. The number of thiazole rings is 1. The number of hydrogen-bond acceptors (Lipinski definition) is 8. The molecule has 1 aliphatic heterocycles. The van der Waals surface area contributed by atoms with Crippen molar-refractivity contribution in [3.8, 4) is 11.6 Å². The summed E-state index contributed by atoms with van der Waals surface area (Å²) >= 11 is 2.78. The highest BCUT2D eigenvalue weighted by atomic mass is 32.1. The van der Waals surface area contributed by atoms with Gasteiger partial charge in [0, 0.05) is 24.4 Å². The van der Waals surface area contributed by atoms with E-state index in [0.717, 1.165) is 27.6 Å². The molecule has 0 saturated heterocycles. The maximum absolute atomic E-state index is 10.5. The fraction of sp³-hybridized carbons (Fsp3) is 0.176. The molecule has 132 valence electrons. The molecule has 0 spiro atoms. The Morgan fingerprint density at radius 3 is 2.85 bits per heavy atom. The molecular weight excluding hydrogens is 370 g/mol. The molecule has 0 atom stereocenters. The van der Waals surface area contributed by atoms with Crippen molar-refractivity contribution < 1.29 is 9.84 Å². The van der Waals surface area contributed by atoms with Crippen molar-refractivity contribution in [3.05, 3.63) is 38.4 Å². The van der Waals surface area contributed by atoms with Crippen molar-refractivity contribution in [1.29, 1.82) is 0 Å². The van der Waals surface area contributed by atoms with Crippen molar-refractivity contribution in [3.63, 3.8) is 0 Å². The van der Waals surface area contributed by atoms with Gasteiger partial charge in [0.25, 0.3) is 0 Å². The van der Waals surface area contributed by atoms with Crippen molar-refractivity contribution >= 4 is 51.4 Å². The lowest BCUT2D eigenvalue weighted by Gasteiger charge is -2.03. The lowest BCUT2D eigenvalue weighted by atomic mass is 10.1. The molecule has 1 aliphatic rings. The second kappa shape index (κ2) is 6.50. The molecule has 0 unspecified atom stereocenters. The highest BCUT2D eigenvalue weighted by molar-refractivity contribution is 7.15. The Labute approximate surface area is 157 Å². The summed E-state index contributed by atoms with van der Waals surface area (Å²) in [5, 5.41) is 19.9. The summed E-state index contributed by atoms with van der Waals surface area (Å²) in [6.07, 6.45) is 3.69. The third-order valence-electron chi connectivity index (χ3n) is 3.88. The van der Waals surface area contributed by atoms with Gasteiger partial charge in [-0.05, 0) is 31.2 Å². The summed E-state index contributed by atoms with van der Waals surface area (Å²) < 4.78 is 6.92. The van der Waals surface area contributed by atoms with E-state index in [9.17, 15) is 5.11 Å². The van der Waals surface area contributed by atoms with Gasteiger partial charge in [0.2, 0.25) is 11.0 Å². The van der Waals surface area contributed by atoms with E-state index in [1.807, 2.05) is 31.2 Å². The van der Waals surface area contributed by atoms with Gasteiger partial charge in [0.15, 0.2) is 4.80 Å². The van der Waals surface area contributed by atoms with Gasteiger partial charge in [-0.25, -0.2) is 0 Å². The first-order chi connectivity index (χ1) is 12.5. The minimum Gasteiger partial charge on any atom is -0.497 e. The number of hydrogen-bond donors (Lipinski definition) is 1. The van der Waals surface area contributed by atoms with Gasteiger partial charge >= 0.3 is 0 Å². The van der Waals surface area contributed by atoms with Crippen molar-refractivity contribution in [2.24, 2.45) is 17.0 Å². The van der Waals surface area contributed by atoms with Crippen molar-refractivity contribution in [1.82, 2.24) is 14.8 Å². The van der Waals surface area contributed by atoms with Crippen LogP contribution in [0.15, 0.2) is 28.2 Å². The van der Waals surface area contributed by atoms with E-state index in [-0.39, 0.29) is 5.88 Å². The standard InChI is InChI=1S/C17H15N5O2S2/c1-9-20-21-16(25-9)19-17-22(2)15(23)14(26-17)6-10-8-18-13-5-4-11(24-3)7-12(10)13/h4-8,23H,1-3H3. The molecule has 4 rings (SSSR count). The molecule has 7 nitrogen and oxygen atoms in total. The van der Waals surface area contributed by atoms with Crippen LogP contribution in [0.2, 0.25) is 0 Å². The van der Waals surface area contributed by atoms with E-state index < -0.39 is 0 Å². The molecule has 0 radical (unpaired) electrons. The van der Waals surface area contributed by atoms with Crippen molar-refractivity contribution in [2.75, 3.05) is 7.11 Å². The Morgan fingerprint density at radius 1 is 1.27 bits per heavy atom. The molecule has 3 aromatic rings. The lowest BCUT2D eigenvalue weighted by molar-refractivity contribution is 0.415. The zero-order valence-electron chi connectivity index (χ0n) is 14.3. The average Bonchev–Trinajstić information content (AvgIpc) is 3.30. The first-order valence-electron chi connectivity index (χ1n) is 7.73. The summed E-state index contributed by atoms with van der Waals surface area (Å²) in [7, 11) is 3.40. The van der Waals surface area contributed by atoms with Crippen LogP contribution in [0.4, 0.5) is 10.8 Å². The number of rotatable bonds is 3. The number of aliphatic imine (C=N–C) groups is 1. The predicted molar refractivity (Wildman–Crippen MR) is 104 cm³/mol. The quantitative estimate of drug-likeness (QED) is 0.748. The average molecular weight is 385 g/mol. The minimum atomic E-state index is 0.146. The zero-order chi connectivity index (χ0) is 18.3. The Morgan fingerprint density at radius 2 is 2.12 bits per heavy atom. The molecule has 0 fully saturated rings. The van der Waals surface area contributed by atoms with Crippen LogP contribution in [0.25, 0.3) is 11.6 Å². The smallest absolute Gasteiger partial charge is 0.234 e. The topological polar surface area (TPSA) is 84.9 Å². The number of allylic oxidation sites excluding steroid dienone is 1. The zero-order valence-corrected chi connectivity index (χ0v) is 15.9. The van der Waals surface area contributed by atoms with Crippen LogP contribution in [-0.2, 0) is 7.05 Å². The summed E-state index contributed by atoms with van der Waals surface area (Å²) in [5.41, 5.74) is 2.76. The van der Waals surface area contributed by atoms with Gasteiger partial charge in [-0.15, -0.1) is 10.2 Å². The minimum absolute atomic E-state index is 0.146. The number of ether oxygens (including phenoxy) is 1. The van der Waals surface area contributed by atoms with E-state index in [4.69, 9.17) is 4.74 Å². The number of aromatic nitrogens is 3. The summed E-state index contributed by atoms with van der Waals surface area (Å²) in [6, 6.07) is 5.73. The van der Waals surface area contributed by atoms with Crippen LogP contribution in [0.3, 0.4) is 0 Å². The van der Waals surface area contributed by atoms with Crippen LogP contribution in [0, 0.1) is 6.92 Å². The Kier molecular flexibility index (Phi) is 4.17. The molecule has 1 aromatic carbocycles.